The molecule has 2 heterocycles. The minimum Gasteiger partial charge on any atom is -0.493 e. The number of benzene rings is 2. The van der Waals surface area contributed by atoms with Gasteiger partial charge in [-0.3, -0.25) is 9.89 Å². The van der Waals surface area contributed by atoms with E-state index in [0.717, 1.165) is 10.9 Å². The fourth-order valence-corrected chi connectivity index (χ4v) is 3.04. The van der Waals surface area contributed by atoms with Crippen LogP contribution in [-0.2, 0) is 0 Å². The molecule has 0 saturated carbocycles. The zero-order valence-electron chi connectivity index (χ0n) is 14.5. The smallest absolute Gasteiger partial charge is 0.256 e. The van der Waals surface area contributed by atoms with Crippen LogP contribution in [0.5, 0.6) is 5.88 Å². The van der Waals surface area contributed by atoms with Crippen molar-refractivity contribution in [2.24, 2.45) is 0 Å². The number of nitrogens with two attached hydrogens (primary N) is 1. The molecule has 0 bridgehead atoms. The van der Waals surface area contributed by atoms with Crippen molar-refractivity contribution in [1.82, 2.24) is 15.2 Å². The predicted octanol–water partition coefficient (Wildman–Crippen LogP) is 3.47. The summed E-state index contributed by atoms with van der Waals surface area (Å²) < 4.78 is 0. The zero-order chi connectivity index (χ0) is 19.0. The Morgan fingerprint density at radius 2 is 2.00 bits per heavy atom. The lowest BCUT2D eigenvalue weighted by molar-refractivity contribution is 0.102. The second-order valence-electron chi connectivity index (χ2n) is 6.25. The van der Waals surface area contributed by atoms with Gasteiger partial charge in [-0.25, -0.2) is 4.98 Å². The van der Waals surface area contributed by atoms with Crippen LogP contribution in [0, 0.1) is 6.92 Å². The summed E-state index contributed by atoms with van der Waals surface area (Å²) >= 11 is 0. The number of pyridine rings is 1. The Bertz CT molecular complexity index is 1150. The maximum Gasteiger partial charge on any atom is 0.256 e. The van der Waals surface area contributed by atoms with Gasteiger partial charge in [-0.1, -0.05) is 0 Å². The first-order chi connectivity index (χ1) is 13.0. The van der Waals surface area contributed by atoms with E-state index in [2.05, 4.69) is 20.5 Å². The molecule has 0 unspecified atom stereocenters. The number of amides is 1. The van der Waals surface area contributed by atoms with E-state index in [4.69, 9.17) is 5.73 Å². The van der Waals surface area contributed by atoms with Crippen molar-refractivity contribution < 1.29 is 9.90 Å². The Balaban J connectivity index is 1.71. The summed E-state index contributed by atoms with van der Waals surface area (Å²) in [6, 6.07) is 13.8. The molecule has 0 radical (unpaired) electrons. The molecule has 7 heteroatoms. The van der Waals surface area contributed by atoms with E-state index in [1.807, 2.05) is 13.0 Å². The Kier molecular flexibility index (Phi) is 3.97. The van der Waals surface area contributed by atoms with Crippen LogP contribution in [0.25, 0.3) is 22.2 Å². The van der Waals surface area contributed by atoms with Crippen molar-refractivity contribution in [2.75, 3.05) is 11.1 Å². The maximum atomic E-state index is 12.9. The maximum absolute atomic E-state index is 12.9. The van der Waals surface area contributed by atoms with Gasteiger partial charge in [0, 0.05) is 34.6 Å². The van der Waals surface area contributed by atoms with Crippen molar-refractivity contribution >= 4 is 28.2 Å². The second-order valence-corrected chi connectivity index (χ2v) is 6.25. The van der Waals surface area contributed by atoms with E-state index < -0.39 is 0 Å². The molecule has 0 aliphatic rings. The van der Waals surface area contributed by atoms with Crippen molar-refractivity contribution in [3.05, 3.63) is 65.9 Å². The summed E-state index contributed by atoms with van der Waals surface area (Å²) in [6.45, 7) is 1.88. The third kappa shape index (κ3) is 3.18. The molecule has 0 spiro atoms. The molecule has 1 amide bonds. The molecular weight excluding hydrogens is 342 g/mol. The fourth-order valence-electron chi connectivity index (χ4n) is 3.04. The first kappa shape index (κ1) is 16.6. The number of nitrogen functional groups attached to an aromatic ring is 1. The van der Waals surface area contributed by atoms with Gasteiger partial charge in [0.25, 0.3) is 5.91 Å². The molecule has 2 aromatic carbocycles. The lowest BCUT2D eigenvalue weighted by Crippen LogP contribution is -2.13. The Hall–Kier alpha value is -3.87. The minimum absolute atomic E-state index is 0.0276. The van der Waals surface area contributed by atoms with Crippen molar-refractivity contribution in [1.29, 1.82) is 0 Å². The summed E-state index contributed by atoms with van der Waals surface area (Å²) in [4.78, 5) is 17.0. The number of rotatable bonds is 3. The van der Waals surface area contributed by atoms with Gasteiger partial charge in [0.05, 0.1) is 16.8 Å². The largest absolute Gasteiger partial charge is 0.493 e. The number of aryl methyl sites for hydroxylation is 1. The van der Waals surface area contributed by atoms with Crippen LogP contribution in [-0.4, -0.2) is 26.2 Å². The van der Waals surface area contributed by atoms with Gasteiger partial charge in [-0.05, 0) is 55.0 Å². The van der Waals surface area contributed by atoms with E-state index in [-0.39, 0.29) is 11.8 Å². The van der Waals surface area contributed by atoms with E-state index >= 15 is 0 Å². The molecule has 2 aromatic heterocycles. The van der Waals surface area contributed by atoms with Crippen LogP contribution in [0.15, 0.2) is 54.7 Å². The highest BCUT2D eigenvalue weighted by Crippen LogP contribution is 2.27. The number of H-pyrrole nitrogens is 1. The summed E-state index contributed by atoms with van der Waals surface area (Å²) in [5, 5.41) is 20.3. The molecule has 0 atom stereocenters. The fraction of sp³-hybridized carbons (Fsp3) is 0.0500. The number of nitrogens with zero attached hydrogens (tertiary/aromatic N) is 2. The Morgan fingerprint density at radius 1 is 1.15 bits per heavy atom. The van der Waals surface area contributed by atoms with Crippen molar-refractivity contribution in [3.63, 3.8) is 0 Å². The number of fused-ring (bicyclic) bond motifs is 1. The third-order valence-electron chi connectivity index (χ3n) is 4.32. The number of anilines is 2. The van der Waals surface area contributed by atoms with Gasteiger partial charge in [0.2, 0.25) is 5.88 Å². The highest BCUT2D eigenvalue weighted by atomic mass is 16.3. The number of aromatic hydroxyl groups is 1. The van der Waals surface area contributed by atoms with Gasteiger partial charge in [0.1, 0.15) is 0 Å². The number of aromatic nitrogens is 3. The Labute approximate surface area is 154 Å². The summed E-state index contributed by atoms with van der Waals surface area (Å²) in [5.41, 5.74) is 10.3. The van der Waals surface area contributed by atoms with Gasteiger partial charge in [-0.2, -0.15) is 5.10 Å². The topological polar surface area (TPSA) is 117 Å². The van der Waals surface area contributed by atoms with Crippen LogP contribution < -0.4 is 11.1 Å². The quantitative estimate of drug-likeness (QED) is 0.418. The van der Waals surface area contributed by atoms with Crippen LogP contribution in [0.2, 0.25) is 0 Å². The minimum atomic E-state index is -0.288. The lowest BCUT2D eigenvalue weighted by Gasteiger charge is -2.11. The standard InChI is InChI=1S/C20H17N5O2/c1-11-8-19(26)24-17-5-3-13(10-15(11)17)23-20(27)16-9-12(21)2-4-14(16)18-6-7-22-25-18/h2-10H,21H2,1H3,(H,22,25)(H,23,27)(H,24,26). The molecular formula is C20H17N5O2. The highest BCUT2D eigenvalue weighted by Gasteiger charge is 2.15. The van der Waals surface area contributed by atoms with Gasteiger partial charge < -0.3 is 16.2 Å². The molecule has 0 saturated heterocycles. The summed E-state index contributed by atoms with van der Waals surface area (Å²) in [7, 11) is 0. The molecule has 0 aliphatic heterocycles. The van der Waals surface area contributed by atoms with Crippen LogP contribution in [0.3, 0.4) is 0 Å². The number of carbonyl (C=O) groups excluding carboxylic acids is 1. The average molecular weight is 359 g/mol. The summed E-state index contributed by atoms with van der Waals surface area (Å²) in [6.07, 6.45) is 1.70. The normalized spacial score (nSPS) is 10.9. The van der Waals surface area contributed by atoms with Crippen LogP contribution >= 0.6 is 0 Å². The van der Waals surface area contributed by atoms with Crippen molar-refractivity contribution in [2.45, 2.75) is 6.92 Å². The molecule has 27 heavy (non-hydrogen) atoms. The average Bonchev–Trinajstić information content (AvgIpc) is 3.16. The highest BCUT2D eigenvalue weighted by molar-refractivity contribution is 6.09. The number of carbonyl (C=O) groups is 1. The van der Waals surface area contributed by atoms with Gasteiger partial charge >= 0.3 is 0 Å². The number of hydrogen-bond acceptors (Lipinski definition) is 5. The SMILES string of the molecule is Cc1cc(O)nc2ccc(NC(=O)c3cc(N)ccc3-c3cc[nH]n3)cc12. The van der Waals surface area contributed by atoms with E-state index in [9.17, 15) is 9.90 Å². The van der Waals surface area contributed by atoms with E-state index in [1.165, 1.54) is 0 Å². The molecule has 5 N–H and O–H groups in total. The zero-order valence-corrected chi connectivity index (χ0v) is 14.5. The monoisotopic (exact) mass is 359 g/mol. The molecule has 7 nitrogen and oxygen atoms in total. The molecule has 4 aromatic rings. The van der Waals surface area contributed by atoms with E-state index in [1.54, 1.807) is 48.7 Å². The Morgan fingerprint density at radius 3 is 2.78 bits per heavy atom. The first-order valence-electron chi connectivity index (χ1n) is 8.32. The van der Waals surface area contributed by atoms with E-state index in [0.29, 0.717) is 33.7 Å². The number of aromatic amines is 1. The second kappa shape index (κ2) is 6.45. The number of nitrogens with one attached hydrogen (secondary N) is 2. The summed E-state index contributed by atoms with van der Waals surface area (Å²) in [5.74, 6) is -0.316. The van der Waals surface area contributed by atoms with Crippen LogP contribution in [0.1, 0.15) is 15.9 Å². The molecule has 4 rings (SSSR count). The molecule has 0 aliphatic carbocycles. The van der Waals surface area contributed by atoms with Gasteiger partial charge in [-0.15, -0.1) is 0 Å². The first-order valence-corrected chi connectivity index (χ1v) is 8.32. The molecule has 134 valence electrons. The third-order valence-corrected chi connectivity index (χ3v) is 4.32. The lowest BCUT2D eigenvalue weighted by atomic mass is 10.0. The van der Waals surface area contributed by atoms with Crippen LogP contribution in [0.4, 0.5) is 11.4 Å². The van der Waals surface area contributed by atoms with Gasteiger partial charge in [0.15, 0.2) is 0 Å². The predicted molar refractivity (Wildman–Crippen MR) is 105 cm³/mol. The van der Waals surface area contributed by atoms with Crippen molar-refractivity contribution in [3.8, 4) is 17.1 Å². The molecule has 0 fully saturated rings. The number of hydrogen-bond donors (Lipinski definition) is 4.